The fourth-order valence-corrected chi connectivity index (χ4v) is 6.14. The summed E-state index contributed by atoms with van der Waals surface area (Å²) in [4.78, 5) is 12.9. The van der Waals surface area contributed by atoms with Crippen molar-refractivity contribution in [1.29, 1.82) is 5.26 Å². The van der Waals surface area contributed by atoms with Crippen LogP contribution in [-0.2, 0) is 21.2 Å². The Bertz CT molecular complexity index is 1070. The van der Waals surface area contributed by atoms with Gasteiger partial charge in [0.25, 0.3) is 0 Å². The minimum Gasteiger partial charge on any atom is -0.309 e. The molecular formula is C23H29N5O3S. The zero-order valence-corrected chi connectivity index (χ0v) is 18.9. The number of hydrogen-bond donors (Lipinski definition) is 2. The summed E-state index contributed by atoms with van der Waals surface area (Å²) in [6.45, 7) is 0.571. The zero-order chi connectivity index (χ0) is 22.6. The maximum atomic E-state index is 12.8. The number of amides is 1. The fraction of sp³-hybridized carbons (Fsp3) is 0.522. The van der Waals surface area contributed by atoms with Crippen LogP contribution in [0.25, 0.3) is 0 Å². The highest BCUT2D eigenvalue weighted by atomic mass is 32.2. The molecule has 32 heavy (non-hydrogen) atoms. The first-order valence-corrected chi connectivity index (χ1v) is 12.7. The van der Waals surface area contributed by atoms with Gasteiger partial charge in [0.15, 0.2) is 5.82 Å². The van der Waals surface area contributed by atoms with Crippen molar-refractivity contribution in [2.45, 2.75) is 56.3 Å². The van der Waals surface area contributed by atoms with E-state index in [1.165, 1.54) is 60.7 Å². The van der Waals surface area contributed by atoms with Crippen LogP contribution >= 0.6 is 0 Å². The van der Waals surface area contributed by atoms with Crippen molar-refractivity contribution >= 4 is 21.7 Å². The van der Waals surface area contributed by atoms with Gasteiger partial charge in [-0.15, -0.1) is 0 Å². The number of sulfonamides is 1. The lowest BCUT2D eigenvalue weighted by Gasteiger charge is -2.30. The van der Waals surface area contributed by atoms with Crippen LogP contribution < -0.4 is 5.32 Å². The first-order valence-electron chi connectivity index (χ1n) is 11.3. The van der Waals surface area contributed by atoms with Gasteiger partial charge in [-0.3, -0.25) is 9.89 Å². The Kier molecular flexibility index (Phi) is 6.92. The van der Waals surface area contributed by atoms with Gasteiger partial charge in [0.05, 0.1) is 16.5 Å². The summed E-state index contributed by atoms with van der Waals surface area (Å²) in [6, 6.07) is 9.80. The van der Waals surface area contributed by atoms with Crippen LogP contribution in [0, 0.1) is 23.2 Å². The van der Waals surface area contributed by atoms with Gasteiger partial charge >= 0.3 is 0 Å². The number of aromatic nitrogens is 2. The maximum Gasteiger partial charge on any atom is 0.243 e. The SMILES string of the molecule is N#Cc1ccc(S(=O)(=O)N2CCC(C(=O)Nc3cc(CC4CCCCC4)[nH]n3)CC2)cc1. The van der Waals surface area contributed by atoms with Gasteiger partial charge < -0.3 is 5.32 Å². The molecule has 8 nitrogen and oxygen atoms in total. The molecule has 9 heteroatoms. The molecule has 1 aliphatic carbocycles. The van der Waals surface area contributed by atoms with E-state index in [0.717, 1.165) is 12.1 Å². The molecule has 4 rings (SSSR count). The van der Waals surface area contributed by atoms with E-state index in [0.29, 0.717) is 30.1 Å². The number of nitrogens with zero attached hydrogens (tertiary/aromatic N) is 3. The van der Waals surface area contributed by atoms with E-state index < -0.39 is 10.0 Å². The third-order valence-corrected chi connectivity index (χ3v) is 8.47. The van der Waals surface area contributed by atoms with Crippen LogP contribution in [0.2, 0.25) is 0 Å². The molecule has 0 atom stereocenters. The number of piperidine rings is 1. The van der Waals surface area contributed by atoms with E-state index in [1.807, 2.05) is 12.1 Å². The zero-order valence-electron chi connectivity index (χ0n) is 18.1. The predicted octanol–water partition coefficient (Wildman–Crippen LogP) is 3.44. The van der Waals surface area contributed by atoms with Crippen molar-refractivity contribution in [2.75, 3.05) is 18.4 Å². The predicted molar refractivity (Wildman–Crippen MR) is 120 cm³/mol. The maximum absolute atomic E-state index is 12.8. The van der Waals surface area contributed by atoms with E-state index in [9.17, 15) is 13.2 Å². The molecule has 0 spiro atoms. The number of nitrogens with one attached hydrogen (secondary N) is 2. The molecule has 2 N–H and O–H groups in total. The van der Waals surface area contributed by atoms with Gasteiger partial charge in [-0.1, -0.05) is 32.1 Å². The smallest absolute Gasteiger partial charge is 0.243 e. The van der Waals surface area contributed by atoms with Crippen LogP contribution in [0.3, 0.4) is 0 Å². The van der Waals surface area contributed by atoms with Crippen molar-refractivity contribution < 1.29 is 13.2 Å². The number of nitriles is 1. The first kappa shape index (κ1) is 22.5. The molecule has 2 heterocycles. The van der Waals surface area contributed by atoms with Crippen LogP contribution in [0.15, 0.2) is 35.2 Å². The summed E-state index contributed by atoms with van der Waals surface area (Å²) in [7, 11) is -3.63. The summed E-state index contributed by atoms with van der Waals surface area (Å²) in [6.07, 6.45) is 8.31. The van der Waals surface area contributed by atoms with E-state index in [4.69, 9.17) is 5.26 Å². The summed E-state index contributed by atoms with van der Waals surface area (Å²) in [5.41, 5.74) is 1.47. The van der Waals surface area contributed by atoms with Crippen molar-refractivity contribution in [1.82, 2.24) is 14.5 Å². The van der Waals surface area contributed by atoms with Gasteiger partial charge in [-0.25, -0.2) is 8.42 Å². The molecule has 1 amide bonds. The normalized spacial score (nSPS) is 18.8. The van der Waals surface area contributed by atoms with Gasteiger partial charge in [0.2, 0.25) is 15.9 Å². The molecular weight excluding hydrogens is 426 g/mol. The molecule has 0 radical (unpaired) electrons. The average molecular weight is 456 g/mol. The van der Waals surface area contributed by atoms with Crippen molar-refractivity contribution in [2.24, 2.45) is 11.8 Å². The van der Waals surface area contributed by atoms with Gasteiger partial charge in [0.1, 0.15) is 0 Å². The Labute approximate surface area is 189 Å². The number of aromatic amines is 1. The molecule has 2 fully saturated rings. The third-order valence-electron chi connectivity index (χ3n) is 6.56. The summed E-state index contributed by atoms with van der Waals surface area (Å²) in [5.74, 6) is 0.862. The Morgan fingerprint density at radius 2 is 1.81 bits per heavy atom. The number of carbonyl (C=O) groups is 1. The fourth-order valence-electron chi connectivity index (χ4n) is 4.67. The Hall–Kier alpha value is -2.70. The largest absolute Gasteiger partial charge is 0.309 e. The summed E-state index contributed by atoms with van der Waals surface area (Å²) in [5, 5.41) is 19.1. The van der Waals surface area contributed by atoms with Crippen LogP contribution in [0.5, 0.6) is 0 Å². The van der Waals surface area contributed by atoms with E-state index in [1.54, 1.807) is 0 Å². The second-order valence-electron chi connectivity index (χ2n) is 8.79. The first-order chi connectivity index (χ1) is 15.5. The summed E-state index contributed by atoms with van der Waals surface area (Å²) < 4.78 is 27.1. The third kappa shape index (κ3) is 5.19. The number of benzene rings is 1. The monoisotopic (exact) mass is 455 g/mol. The van der Waals surface area contributed by atoms with Crippen LogP contribution in [-0.4, -0.2) is 41.9 Å². The van der Waals surface area contributed by atoms with Crippen LogP contribution in [0.4, 0.5) is 5.82 Å². The minimum atomic E-state index is -3.63. The lowest BCUT2D eigenvalue weighted by molar-refractivity contribution is -0.120. The highest BCUT2D eigenvalue weighted by Gasteiger charge is 2.32. The van der Waals surface area contributed by atoms with E-state index in [2.05, 4.69) is 15.5 Å². The van der Waals surface area contributed by atoms with E-state index in [-0.39, 0.29) is 29.8 Å². The number of carbonyl (C=O) groups excluding carboxylic acids is 1. The highest BCUT2D eigenvalue weighted by molar-refractivity contribution is 7.89. The number of anilines is 1. The highest BCUT2D eigenvalue weighted by Crippen LogP contribution is 2.28. The topological polar surface area (TPSA) is 119 Å². The Balaban J connectivity index is 1.29. The minimum absolute atomic E-state index is 0.115. The second kappa shape index (κ2) is 9.84. The lowest BCUT2D eigenvalue weighted by atomic mass is 9.86. The Morgan fingerprint density at radius 3 is 2.47 bits per heavy atom. The number of rotatable bonds is 6. The van der Waals surface area contributed by atoms with Crippen molar-refractivity contribution in [3.63, 3.8) is 0 Å². The standard InChI is InChI=1S/C23H29N5O3S/c24-16-18-6-8-21(9-7-18)32(30,31)28-12-10-19(11-13-28)23(29)25-22-15-20(26-27-22)14-17-4-2-1-3-5-17/h6-9,15,17,19H,1-5,10-14H2,(H2,25,26,27,29). The van der Waals surface area contributed by atoms with Crippen molar-refractivity contribution in [3.8, 4) is 6.07 Å². The Morgan fingerprint density at radius 1 is 1.12 bits per heavy atom. The average Bonchev–Trinajstić information content (AvgIpc) is 3.26. The molecule has 1 aromatic carbocycles. The second-order valence-corrected chi connectivity index (χ2v) is 10.7. The molecule has 170 valence electrons. The van der Waals surface area contributed by atoms with Gasteiger partial charge in [-0.2, -0.15) is 14.7 Å². The molecule has 0 unspecified atom stereocenters. The van der Waals surface area contributed by atoms with E-state index >= 15 is 0 Å². The molecule has 1 saturated heterocycles. The van der Waals surface area contributed by atoms with Crippen molar-refractivity contribution in [3.05, 3.63) is 41.6 Å². The van der Waals surface area contributed by atoms with Gasteiger partial charge in [-0.05, 0) is 49.4 Å². The van der Waals surface area contributed by atoms with Gasteiger partial charge in [0, 0.05) is 30.8 Å². The molecule has 0 bridgehead atoms. The quantitative estimate of drug-likeness (QED) is 0.691. The molecule has 2 aromatic rings. The molecule has 2 aliphatic rings. The van der Waals surface area contributed by atoms with Crippen LogP contribution in [0.1, 0.15) is 56.2 Å². The number of hydrogen-bond acceptors (Lipinski definition) is 5. The lowest BCUT2D eigenvalue weighted by Crippen LogP contribution is -2.41. The molecule has 1 aliphatic heterocycles. The molecule has 1 aromatic heterocycles. The summed E-state index contributed by atoms with van der Waals surface area (Å²) >= 11 is 0. The molecule has 1 saturated carbocycles. The number of H-pyrrole nitrogens is 1.